The van der Waals surface area contributed by atoms with Crippen LogP contribution < -0.4 is 0 Å². The van der Waals surface area contributed by atoms with Crippen molar-refractivity contribution in [2.45, 2.75) is 23.9 Å². The smallest absolute Gasteiger partial charge is 0.128 e. The first kappa shape index (κ1) is 15.1. The lowest BCUT2D eigenvalue weighted by atomic mass is 10.1. The first-order valence-corrected chi connectivity index (χ1v) is 10.3. The lowest BCUT2D eigenvalue weighted by Gasteiger charge is -2.07. The molecule has 1 saturated carbocycles. The zero-order chi connectivity index (χ0) is 16.8. The number of rotatable bonds is 4. The van der Waals surface area contributed by atoms with Crippen molar-refractivity contribution in [1.29, 1.82) is 0 Å². The average molecular weight is 364 g/mol. The molecular weight excluding hydrogens is 348 g/mol. The Labute approximate surface area is 154 Å². The summed E-state index contributed by atoms with van der Waals surface area (Å²) in [5, 5.41) is 2.17. The van der Waals surface area contributed by atoms with E-state index in [2.05, 4.69) is 51.1 Å². The van der Waals surface area contributed by atoms with Gasteiger partial charge in [0.2, 0.25) is 0 Å². The zero-order valence-corrected chi connectivity index (χ0v) is 15.3. The van der Waals surface area contributed by atoms with Gasteiger partial charge in [-0.3, -0.25) is 0 Å². The lowest BCUT2D eigenvalue weighted by Crippen LogP contribution is -1.94. The van der Waals surface area contributed by atoms with Crippen LogP contribution in [0.25, 0.3) is 32.0 Å². The summed E-state index contributed by atoms with van der Waals surface area (Å²) in [7, 11) is 0. The molecule has 3 heterocycles. The normalized spacial score (nSPS) is 14.3. The minimum Gasteiger partial charge on any atom is -0.326 e. The molecule has 5 rings (SSSR count). The van der Waals surface area contributed by atoms with Gasteiger partial charge < -0.3 is 4.57 Å². The Morgan fingerprint density at radius 1 is 1.12 bits per heavy atom. The minimum absolute atomic E-state index is 0.580. The van der Waals surface area contributed by atoms with Gasteiger partial charge in [0.15, 0.2) is 0 Å². The van der Waals surface area contributed by atoms with Gasteiger partial charge >= 0.3 is 0 Å². The molecule has 0 atom stereocenters. The molecule has 0 bridgehead atoms. The summed E-state index contributed by atoms with van der Waals surface area (Å²) < 4.78 is 2.35. The van der Waals surface area contributed by atoms with Crippen LogP contribution in [-0.4, -0.2) is 25.8 Å². The third-order valence-electron chi connectivity index (χ3n) is 4.50. The number of thioether (sulfide) groups is 1. The molecule has 1 aliphatic carbocycles. The van der Waals surface area contributed by atoms with E-state index in [9.17, 15) is 0 Å². The van der Waals surface area contributed by atoms with Crippen LogP contribution in [0, 0.1) is 0 Å². The van der Waals surface area contributed by atoms with Crippen LogP contribution in [0.5, 0.6) is 0 Å². The van der Waals surface area contributed by atoms with Gasteiger partial charge in [0.05, 0.1) is 22.6 Å². The topological polar surface area (TPSA) is 43.6 Å². The fourth-order valence-corrected chi connectivity index (χ4v) is 4.80. The second-order valence-corrected chi connectivity index (χ2v) is 7.98. The summed E-state index contributed by atoms with van der Waals surface area (Å²) >= 11 is 3.39. The lowest BCUT2D eigenvalue weighted by molar-refractivity contribution is 0.749. The maximum atomic E-state index is 4.77. The number of benzene rings is 1. The summed E-state index contributed by atoms with van der Waals surface area (Å²) in [5.41, 5.74) is 3.42. The van der Waals surface area contributed by atoms with E-state index < -0.39 is 0 Å². The fraction of sp³-hybridized carbons (Fsp3) is 0.211. The molecule has 0 aliphatic heterocycles. The van der Waals surface area contributed by atoms with Crippen molar-refractivity contribution >= 4 is 33.3 Å². The highest BCUT2D eigenvalue weighted by atomic mass is 32.2. The van der Waals surface area contributed by atoms with Crippen LogP contribution in [0.3, 0.4) is 0 Å². The standard InChI is InChI=1S/C19H16N4S2/c1-24-18-14-9-15(25-19(14)21-10-20-18)17-16(12-5-3-2-4-6-12)22-11-23(17)13-7-8-13/h2-6,9-11,13H,7-8H2,1H3. The number of hydrogen-bond acceptors (Lipinski definition) is 5. The fourth-order valence-electron chi connectivity index (χ4n) is 3.16. The van der Waals surface area contributed by atoms with Crippen LogP contribution in [0.2, 0.25) is 0 Å². The molecular formula is C19H16N4S2. The molecule has 0 N–H and O–H groups in total. The Morgan fingerprint density at radius 3 is 2.72 bits per heavy atom. The van der Waals surface area contributed by atoms with Crippen molar-refractivity contribution < 1.29 is 0 Å². The van der Waals surface area contributed by atoms with E-state index in [1.807, 2.05) is 12.4 Å². The van der Waals surface area contributed by atoms with Crippen LogP contribution in [0.4, 0.5) is 0 Å². The van der Waals surface area contributed by atoms with Crippen LogP contribution in [-0.2, 0) is 0 Å². The molecule has 1 aromatic carbocycles. The number of hydrogen-bond donors (Lipinski definition) is 0. The van der Waals surface area contributed by atoms with Gasteiger partial charge in [-0.25, -0.2) is 15.0 Å². The van der Waals surface area contributed by atoms with Crippen molar-refractivity contribution in [2.24, 2.45) is 0 Å². The molecule has 3 aromatic heterocycles. The van der Waals surface area contributed by atoms with Crippen molar-refractivity contribution in [3.05, 3.63) is 49.1 Å². The van der Waals surface area contributed by atoms with Crippen LogP contribution in [0.1, 0.15) is 18.9 Å². The van der Waals surface area contributed by atoms with Crippen molar-refractivity contribution in [1.82, 2.24) is 19.5 Å². The molecule has 0 radical (unpaired) electrons. The Hall–Kier alpha value is -2.18. The highest BCUT2D eigenvalue weighted by molar-refractivity contribution is 7.98. The first-order valence-electron chi connectivity index (χ1n) is 8.26. The second-order valence-electron chi connectivity index (χ2n) is 6.16. The Kier molecular flexibility index (Phi) is 3.60. The molecule has 4 nitrogen and oxygen atoms in total. The Balaban J connectivity index is 1.74. The van der Waals surface area contributed by atoms with Gasteiger partial charge in [0, 0.05) is 17.0 Å². The number of imidazole rings is 1. The van der Waals surface area contributed by atoms with E-state index >= 15 is 0 Å². The maximum absolute atomic E-state index is 4.77. The molecule has 124 valence electrons. The number of nitrogens with zero attached hydrogens (tertiary/aromatic N) is 4. The molecule has 6 heteroatoms. The summed E-state index contributed by atoms with van der Waals surface area (Å²) in [4.78, 5) is 15.9. The van der Waals surface area contributed by atoms with E-state index in [0.29, 0.717) is 6.04 Å². The van der Waals surface area contributed by atoms with Gasteiger partial charge in [-0.05, 0) is 25.2 Å². The summed E-state index contributed by atoms with van der Waals surface area (Å²) in [6.07, 6.45) is 8.19. The van der Waals surface area contributed by atoms with Gasteiger partial charge in [-0.15, -0.1) is 23.1 Å². The molecule has 1 aliphatic rings. The number of aromatic nitrogens is 4. The molecule has 0 saturated heterocycles. The third kappa shape index (κ3) is 2.56. The van der Waals surface area contributed by atoms with Crippen molar-refractivity contribution in [3.8, 4) is 21.8 Å². The molecule has 4 aromatic rings. The SMILES string of the molecule is CSc1ncnc2sc(-c3c(-c4ccccc4)ncn3C3CC3)cc12. The third-order valence-corrected chi connectivity index (χ3v) is 6.26. The van der Waals surface area contributed by atoms with E-state index in [0.717, 1.165) is 26.5 Å². The molecule has 0 amide bonds. The maximum Gasteiger partial charge on any atom is 0.128 e. The molecule has 0 unspecified atom stereocenters. The predicted molar refractivity (Wildman–Crippen MR) is 104 cm³/mol. The summed E-state index contributed by atoms with van der Waals surface area (Å²) in [6.45, 7) is 0. The van der Waals surface area contributed by atoms with Crippen molar-refractivity contribution in [3.63, 3.8) is 0 Å². The van der Waals surface area contributed by atoms with E-state index in [4.69, 9.17) is 4.98 Å². The highest BCUT2D eigenvalue weighted by Crippen LogP contribution is 2.45. The monoisotopic (exact) mass is 364 g/mol. The van der Waals surface area contributed by atoms with Gasteiger partial charge in [0.1, 0.15) is 16.2 Å². The predicted octanol–water partition coefficient (Wildman–Crippen LogP) is 5.28. The van der Waals surface area contributed by atoms with Gasteiger partial charge in [-0.1, -0.05) is 30.3 Å². The Morgan fingerprint density at radius 2 is 1.96 bits per heavy atom. The zero-order valence-electron chi connectivity index (χ0n) is 13.7. The highest BCUT2D eigenvalue weighted by Gasteiger charge is 2.29. The largest absolute Gasteiger partial charge is 0.326 e. The minimum atomic E-state index is 0.580. The average Bonchev–Trinajstić information content (AvgIpc) is 3.26. The first-order chi connectivity index (χ1) is 12.3. The van der Waals surface area contributed by atoms with Crippen LogP contribution >= 0.6 is 23.1 Å². The van der Waals surface area contributed by atoms with E-state index in [1.165, 1.54) is 23.4 Å². The van der Waals surface area contributed by atoms with Gasteiger partial charge in [0.25, 0.3) is 0 Å². The second kappa shape index (κ2) is 5.97. The molecule has 1 fully saturated rings. The van der Waals surface area contributed by atoms with E-state index in [-0.39, 0.29) is 0 Å². The quantitative estimate of drug-likeness (QED) is 0.365. The van der Waals surface area contributed by atoms with Crippen LogP contribution in [0.15, 0.2) is 54.1 Å². The van der Waals surface area contributed by atoms with Gasteiger partial charge in [-0.2, -0.15) is 0 Å². The Bertz CT molecular complexity index is 1050. The van der Waals surface area contributed by atoms with E-state index in [1.54, 1.807) is 29.4 Å². The molecule has 25 heavy (non-hydrogen) atoms. The summed E-state index contributed by atoms with van der Waals surface area (Å²) in [5.74, 6) is 0. The van der Waals surface area contributed by atoms with Crippen molar-refractivity contribution in [2.75, 3.05) is 6.26 Å². The molecule has 0 spiro atoms. The number of fused-ring (bicyclic) bond motifs is 1. The summed E-state index contributed by atoms with van der Waals surface area (Å²) in [6, 6.07) is 13.2. The number of thiophene rings is 1.